The summed E-state index contributed by atoms with van der Waals surface area (Å²) in [7, 11) is -1.97. The van der Waals surface area contributed by atoms with Gasteiger partial charge in [-0.2, -0.15) is 4.72 Å². The Labute approximate surface area is 136 Å². The maximum atomic E-state index is 12.0. The van der Waals surface area contributed by atoms with Gasteiger partial charge in [0, 0.05) is 18.1 Å². The molecule has 1 aromatic rings. The summed E-state index contributed by atoms with van der Waals surface area (Å²) in [6.45, 7) is 2.53. The van der Waals surface area contributed by atoms with Crippen LogP contribution in [-0.4, -0.2) is 40.5 Å². The Morgan fingerprint density at radius 3 is 2.33 bits per heavy atom. The summed E-state index contributed by atoms with van der Waals surface area (Å²) in [6, 6.07) is 4.88. The Balaban J connectivity index is 0.00000400. The Morgan fingerprint density at radius 1 is 1.24 bits per heavy atom. The fourth-order valence-corrected chi connectivity index (χ4v) is 2.76. The number of likely N-dealkylation sites (N-methyl/N-ethyl adjacent to an activating group) is 1. The smallest absolute Gasteiger partial charge is 0.241 e. The Hall–Kier alpha value is -0.860. The Kier molecular flexibility index (Phi) is 8.84. The molecule has 3 N–H and O–H groups in total. The van der Waals surface area contributed by atoms with Crippen molar-refractivity contribution in [1.29, 1.82) is 0 Å². The first-order valence-corrected chi connectivity index (χ1v) is 7.93. The van der Waals surface area contributed by atoms with Crippen molar-refractivity contribution >= 4 is 39.9 Å². The molecule has 0 aliphatic heterocycles. The van der Waals surface area contributed by atoms with Crippen molar-refractivity contribution in [1.82, 2.24) is 15.4 Å². The monoisotopic (exact) mass is 355 g/mol. The van der Waals surface area contributed by atoms with Crippen LogP contribution in [0.4, 0.5) is 0 Å². The number of carbonyl (C=O) groups excluding carboxylic acids is 1. The van der Waals surface area contributed by atoms with Crippen LogP contribution in [0, 0.1) is 0 Å². The van der Waals surface area contributed by atoms with Crippen LogP contribution in [0.5, 0.6) is 0 Å². The summed E-state index contributed by atoms with van der Waals surface area (Å²) in [5.74, 6) is -0.377. The van der Waals surface area contributed by atoms with Gasteiger partial charge in [0.1, 0.15) is 0 Å². The maximum absolute atomic E-state index is 12.0. The molecule has 1 aromatic carbocycles. The molecule has 0 aliphatic carbocycles. The third-order valence-corrected chi connectivity index (χ3v) is 4.33. The van der Waals surface area contributed by atoms with Gasteiger partial charge in [-0.15, -0.1) is 12.4 Å². The van der Waals surface area contributed by atoms with Gasteiger partial charge in [-0.25, -0.2) is 8.42 Å². The van der Waals surface area contributed by atoms with E-state index in [1.54, 1.807) is 7.05 Å². The zero-order chi connectivity index (χ0) is 15.2. The van der Waals surface area contributed by atoms with Crippen molar-refractivity contribution < 1.29 is 13.2 Å². The van der Waals surface area contributed by atoms with Gasteiger partial charge in [0.25, 0.3) is 0 Å². The zero-order valence-corrected chi connectivity index (χ0v) is 14.1. The van der Waals surface area contributed by atoms with Gasteiger partial charge in [0.05, 0.1) is 10.9 Å². The lowest BCUT2D eigenvalue weighted by Gasteiger charge is -2.14. The van der Waals surface area contributed by atoms with E-state index in [4.69, 9.17) is 11.6 Å². The lowest BCUT2D eigenvalue weighted by atomic mass is 10.3. The van der Waals surface area contributed by atoms with Gasteiger partial charge in [0.2, 0.25) is 15.9 Å². The predicted octanol–water partition coefficient (Wildman–Crippen LogP) is 0.764. The molecule has 0 bridgehead atoms. The lowest BCUT2D eigenvalue weighted by Crippen LogP contribution is -2.46. The molecular weight excluding hydrogens is 337 g/mol. The van der Waals surface area contributed by atoms with Gasteiger partial charge in [-0.1, -0.05) is 11.6 Å². The van der Waals surface area contributed by atoms with Crippen molar-refractivity contribution in [3.8, 4) is 0 Å². The topological polar surface area (TPSA) is 87.3 Å². The molecule has 0 fully saturated rings. The quantitative estimate of drug-likeness (QED) is 0.630. The summed E-state index contributed by atoms with van der Waals surface area (Å²) in [5, 5.41) is 5.94. The number of nitrogens with one attached hydrogen (secondary N) is 3. The molecule has 1 atom stereocenters. The molecule has 0 radical (unpaired) electrons. The summed E-state index contributed by atoms with van der Waals surface area (Å²) in [6.07, 6.45) is 0. The van der Waals surface area contributed by atoms with Crippen LogP contribution in [0.15, 0.2) is 29.2 Å². The number of benzene rings is 1. The highest BCUT2D eigenvalue weighted by Crippen LogP contribution is 2.14. The highest BCUT2D eigenvalue weighted by atomic mass is 35.5. The molecule has 21 heavy (non-hydrogen) atoms. The maximum Gasteiger partial charge on any atom is 0.241 e. The van der Waals surface area contributed by atoms with Crippen LogP contribution in [-0.2, 0) is 14.8 Å². The summed E-state index contributed by atoms with van der Waals surface area (Å²) < 4.78 is 26.4. The van der Waals surface area contributed by atoms with Crippen molar-refractivity contribution in [3.05, 3.63) is 29.3 Å². The average molecular weight is 356 g/mol. The van der Waals surface area contributed by atoms with E-state index in [0.717, 1.165) is 0 Å². The lowest BCUT2D eigenvalue weighted by molar-refractivity contribution is -0.122. The predicted molar refractivity (Wildman–Crippen MR) is 85.4 cm³/mol. The molecule has 1 rings (SSSR count). The van der Waals surface area contributed by atoms with Crippen LogP contribution in [0.1, 0.15) is 6.92 Å². The molecule has 0 heterocycles. The van der Waals surface area contributed by atoms with E-state index < -0.39 is 16.1 Å². The third-order valence-electron chi connectivity index (χ3n) is 2.52. The minimum Gasteiger partial charge on any atom is -0.353 e. The molecule has 0 aliphatic rings. The van der Waals surface area contributed by atoms with Gasteiger partial charge >= 0.3 is 0 Å². The van der Waals surface area contributed by atoms with E-state index >= 15 is 0 Å². The van der Waals surface area contributed by atoms with Gasteiger partial charge in [0.15, 0.2) is 0 Å². The highest BCUT2D eigenvalue weighted by molar-refractivity contribution is 7.89. The Bertz CT molecular complexity index is 549. The molecule has 0 aromatic heterocycles. The summed E-state index contributed by atoms with van der Waals surface area (Å²) >= 11 is 5.70. The van der Waals surface area contributed by atoms with Crippen molar-refractivity contribution in [2.45, 2.75) is 17.9 Å². The molecule has 1 amide bonds. The van der Waals surface area contributed by atoms with Gasteiger partial charge in [-0.3, -0.25) is 4.79 Å². The normalized spacial score (nSPS) is 12.3. The standard InChI is InChI=1S/C12H18ClN3O3S.ClH/c1-9(12(17)15-8-7-14-2)16-20(18,19)11-5-3-10(13)4-6-11;/h3-6,9,14,16H,7-8H2,1-2H3,(H,15,17);1H. The number of carbonyl (C=O) groups is 1. The average Bonchev–Trinajstić information content (AvgIpc) is 2.38. The number of rotatable bonds is 7. The number of hydrogen-bond acceptors (Lipinski definition) is 4. The molecule has 0 spiro atoms. The highest BCUT2D eigenvalue weighted by Gasteiger charge is 2.21. The van der Waals surface area contributed by atoms with Crippen molar-refractivity contribution in [2.24, 2.45) is 0 Å². The molecule has 1 unspecified atom stereocenters. The number of halogens is 2. The molecule has 0 saturated carbocycles. The van der Waals surface area contributed by atoms with E-state index in [1.165, 1.54) is 31.2 Å². The molecule has 0 saturated heterocycles. The molecule has 6 nitrogen and oxygen atoms in total. The van der Waals surface area contributed by atoms with E-state index in [0.29, 0.717) is 18.1 Å². The van der Waals surface area contributed by atoms with E-state index in [1.807, 2.05) is 0 Å². The largest absolute Gasteiger partial charge is 0.353 e. The first-order chi connectivity index (χ1) is 9.36. The van der Waals surface area contributed by atoms with Crippen molar-refractivity contribution in [3.63, 3.8) is 0 Å². The number of amides is 1. The second kappa shape index (κ2) is 9.22. The van der Waals surface area contributed by atoms with Gasteiger partial charge in [-0.05, 0) is 38.2 Å². The second-order valence-corrected chi connectivity index (χ2v) is 6.34. The van der Waals surface area contributed by atoms with Crippen LogP contribution >= 0.6 is 24.0 Å². The van der Waals surface area contributed by atoms with Crippen LogP contribution in [0.25, 0.3) is 0 Å². The zero-order valence-electron chi connectivity index (χ0n) is 11.7. The minimum absolute atomic E-state index is 0. The molecule has 120 valence electrons. The molecule has 9 heteroatoms. The minimum atomic E-state index is -3.74. The van der Waals surface area contributed by atoms with E-state index in [-0.39, 0.29) is 23.2 Å². The SMILES string of the molecule is CNCCNC(=O)C(C)NS(=O)(=O)c1ccc(Cl)cc1.Cl. The fraction of sp³-hybridized carbons (Fsp3) is 0.417. The Morgan fingerprint density at radius 2 is 1.81 bits per heavy atom. The van der Waals surface area contributed by atoms with Crippen LogP contribution in [0.2, 0.25) is 5.02 Å². The van der Waals surface area contributed by atoms with Crippen molar-refractivity contribution in [2.75, 3.05) is 20.1 Å². The van der Waals surface area contributed by atoms with Crippen LogP contribution in [0.3, 0.4) is 0 Å². The number of sulfonamides is 1. The number of hydrogen-bond donors (Lipinski definition) is 3. The first-order valence-electron chi connectivity index (χ1n) is 6.07. The van der Waals surface area contributed by atoms with Gasteiger partial charge < -0.3 is 10.6 Å². The fourth-order valence-electron chi connectivity index (χ4n) is 1.43. The summed E-state index contributed by atoms with van der Waals surface area (Å²) in [4.78, 5) is 11.8. The second-order valence-electron chi connectivity index (χ2n) is 4.19. The first kappa shape index (κ1) is 20.1. The summed E-state index contributed by atoms with van der Waals surface area (Å²) in [5.41, 5.74) is 0. The third kappa shape index (κ3) is 6.62. The van der Waals surface area contributed by atoms with E-state index in [9.17, 15) is 13.2 Å². The van der Waals surface area contributed by atoms with E-state index in [2.05, 4.69) is 15.4 Å². The van der Waals surface area contributed by atoms with Crippen LogP contribution < -0.4 is 15.4 Å². The molecular formula is C12H19Cl2N3O3S.